The molecule has 0 bridgehead atoms. The van der Waals surface area contributed by atoms with Crippen molar-refractivity contribution in [1.29, 1.82) is 0 Å². The molecule has 0 spiro atoms. The molecule has 0 fully saturated rings. The van der Waals surface area contributed by atoms with Crippen LogP contribution in [0.3, 0.4) is 0 Å². The Morgan fingerprint density at radius 2 is 1.90 bits per heavy atom. The van der Waals surface area contributed by atoms with Gasteiger partial charge in [-0.3, -0.25) is 0 Å². The molecular weight excluding hydrogens is 250 g/mol. The minimum absolute atomic E-state index is 0.189. The number of aromatic hydroxyl groups is 1. The second-order valence-electron chi connectivity index (χ2n) is 4.77. The molecule has 0 unspecified atom stereocenters. The van der Waals surface area contributed by atoms with Crippen LogP contribution in [0.1, 0.15) is 23.6 Å². The second kappa shape index (κ2) is 6.96. The molecule has 0 amide bonds. The lowest BCUT2D eigenvalue weighted by atomic mass is 10.1. The molecule has 0 aliphatic carbocycles. The molecule has 0 saturated carbocycles. The van der Waals surface area contributed by atoms with E-state index in [0.29, 0.717) is 12.4 Å². The largest absolute Gasteiger partial charge is 0.504 e. The van der Waals surface area contributed by atoms with Gasteiger partial charge in [0.2, 0.25) is 0 Å². The highest BCUT2D eigenvalue weighted by molar-refractivity contribution is 5.41. The second-order valence-corrected chi connectivity index (χ2v) is 4.77. The summed E-state index contributed by atoms with van der Waals surface area (Å²) < 4.78 is 5.38. The van der Waals surface area contributed by atoms with Crippen LogP contribution in [-0.2, 0) is 13.1 Å². The van der Waals surface area contributed by atoms with Gasteiger partial charge in [0.05, 0.1) is 6.61 Å². The Morgan fingerprint density at radius 1 is 1.10 bits per heavy atom. The quantitative estimate of drug-likeness (QED) is 0.846. The van der Waals surface area contributed by atoms with E-state index < -0.39 is 0 Å². The summed E-state index contributed by atoms with van der Waals surface area (Å²) in [6.07, 6.45) is 0. The van der Waals surface area contributed by atoms with Crippen molar-refractivity contribution < 1.29 is 9.84 Å². The monoisotopic (exact) mass is 271 g/mol. The van der Waals surface area contributed by atoms with E-state index in [9.17, 15) is 5.11 Å². The van der Waals surface area contributed by atoms with E-state index in [1.165, 1.54) is 11.1 Å². The van der Waals surface area contributed by atoms with Crippen LogP contribution in [-0.4, -0.2) is 11.7 Å². The van der Waals surface area contributed by atoms with Crippen LogP contribution in [0, 0.1) is 6.92 Å². The average molecular weight is 271 g/mol. The Balaban J connectivity index is 1.94. The fraction of sp³-hybridized carbons (Fsp3) is 0.294. The lowest BCUT2D eigenvalue weighted by Gasteiger charge is -2.10. The first-order valence-corrected chi connectivity index (χ1v) is 6.90. The van der Waals surface area contributed by atoms with Gasteiger partial charge in [0.25, 0.3) is 0 Å². The van der Waals surface area contributed by atoms with Crippen molar-refractivity contribution in [3.63, 3.8) is 0 Å². The molecule has 0 atom stereocenters. The first-order valence-electron chi connectivity index (χ1n) is 6.90. The molecule has 0 saturated heterocycles. The maximum Gasteiger partial charge on any atom is 0.161 e. The highest BCUT2D eigenvalue weighted by Gasteiger charge is 2.03. The maximum absolute atomic E-state index is 9.66. The summed E-state index contributed by atoms with van der Waals surface area (Å²) in [5, 5.41) is 13.1. The molecule has 3 heteroatoms. The van der Waals surface area contributed by atoms with Gasteiger partial charge in [0.15, 0.2) is 11.5 Å². The van der Waals surface area contributed by atoms with Gasteiger partial charge in [-0.15, -0.1) is 0 Å². The van der Waals surface area contributed by atoms with E-state index in [4.69, 9.17) is 4.74 Å². The summed E-state index contributed by atoms with van der Waals surface area (Å²) in [6.45, 7) is 6.15. The predicted octanol–water partition coefficient (Wildman–Crippen LogP) is 3.39. The Bertz CT molecular complexity index is 567. The number of nitrogens with one attached hydrogen (secondary N) is 1. The van der Waals surface area contributed by atoms with E-state index in [1.54, 1.807) is 6.07 Å². The molecule has 0 aliphatic rings. The van der Waals surface area contributed by atoms with Gasteiger partial charge in [0, 0.05) is 13.1 Å². The molecule has 0 heterocycles. The molecule has 106 valence electrons. The van der Waals surface area contributed by atoms with Gasteiger partial charge in [-0.2, -0.15) is 0 Å². The number of hydrogen-bond acceptors (Lipinski definition) is 3. The molecule has 2 aromatic rings. The van der Waals surface area contributed by atoms with Crippen molar-refractivity contribution in [3.05, 3.63) is 59.2 Å². The van der Waals surface area contributed by atoms with E-state index in [2.05, 4.69) is 30.4 Å². The normalized spacial score (nSPS) is 10.5. The minimum Gasteiger partial charge on any atom is -0.504 e. The van der Waals surface area contributed by atoms with Gasteiger partial charge in [-0.05, 0) is 42.7 Å². The van der Waals surface area contributed by atoms with Crippen LogP contribution >= 0.6 is 0 Å². The van der Waals surface area contributed by atoms with E-state index in [1.807, 2.05) is 25.1 Å². The van der Waals surface area contributed by atoms with Crippen LogP contribution in [0.15, 0.2) is 42.5 Å². The van der Waals surface area contributed by atoms with Gasteiger partial charge in [0.1, 0.15) is 0 Å². The smallest absolute Gasteiger partial charge is 0.161 e. The summed E-state index contributed by atoms with van der Waals surface area (Å²) in [5.74, 6) is 0.734. The Hall–Kier alpha value is -2.00. The summed E-state index contributed by atoms with van der Waals surface area (Å²) >= 11 is 0. The third kappa shape index (κ3) is 3.75. The fourth-order valence-corrected chi connectivity index (χ4v) is 2.09. The molecule has 2 aromatic carbocycles. The van der Waals surface area contributed by atoms with E-state index in [-0.39, 0.29) is 5.75 Å². The zero-order chi connectivity index (χ0) is 14.4. The number of phenols is 1. The zero-order valence-electron chi connectivity index (χ0n) is 12.0. The van der Waals surface area contributed by atoms with Crippen LogP contribution in [0.2, 0.25) is 0 Å². The number of ether oxygens (including phenoxy) is 1. The van der Waals surface area contributed by atoms with Crippen molar-refractivity contribution in [2.45, 2.75) is 26.9 Å². The molecule has 0 aromatic heterocycles. The van der Waals surface area contributed by atoms with Crippen LogP contribution in [0.4, 0.5) is 0 Å². The zero-order valence-corrected chi connectivity index (χ0v) is 12.0. The highest BCUT2D eigenvalue weighted by Crippen LogP contribution is 2.26. The van der Waals surface area contributed by atoms with Gasteiger partial charge >= 0.3 is 0 Å². The predicted molar refractivity (Wildman–Crippen MR) is 81.0 cm³/mol. The summed E-state index contributed by atoms with van der Waals surface area (Å²) in [6, 6.07) is 13.8. The first kappa shape index (κ1) is 14.4. The number of phenolic OH excluding ortho intramolecular Hbond substituents is 1. The molecule has 20 heavy (non-hydrogen) atoms. The van der Waals surface area contributed by atoms with Crippen molar-refractivity contribution in [1.82, 2.24) is 5.32 Å². The molecule has 2 N–H and O–H groups in total. The van der Waals surface area contributed by atoms with Gasteiger partial charge in [-0.1, -0.05) is 30.3 Å². The number of benzene rings is 2. The summed E-state index contributed by atoms with van der Waals surface area (Å²) in [7, 11) is 0. The third-order valence-corrected chi connectivity index (χ3v) is 3.23. The lowest BCUT2D eigenvalue weighted by Crippen LogP contribution is -2.13. The van der Waals surface area contributed by atoms with E-state index in [0.717, 1.165) is 18.7 Å². The standard InChI is InChI=1S/C17H21NO2/c1-3-20-17-10-14(8-9-16(17)19)11-18-12-15-7-5-4-6-13(15)2/h4-10,18-19H,3,11-12H2,1-2H3. The van der Waals surface area contributed by atoms with Gasteiger partial charge in [-0.25, -0.2) is 0 Å². The SMILES string of the molecule is CCOc1cc(CNCc2ccccc2C)ccc1O. The first-order chi connectivity index (χ1) is 9.70. The summed E-state index contributed by atoms with van der Waals surface area (Å²) in [4.78, 5) is 0. The van der Waals surface area contributed by atoms with Crippen molar-refractivity contribution >= 4 is 0 Å². The van der Waals surface area contributed by atoms with Crippen molar-refractivity contribution in [3.8, 4) is 11.5 Å². The fourth-order valence-electron chi connectivity index (χ4n) is 2.09. The molecular formula is C17H21NO2. The van der Waals surface area contributed by atoms with Crippen molar-refractivity contribution in [2.75, 3.05) is 6.61 Å². The Labute approximate surface area is 120 Å². The van der Waals surface area contributed by atoms with Crippen LogP contribution < -0.4 is 10.1 Å². The number of rotatable bonds is 6. The van der Waals surface area contributed by atoms with Crippen LogP contribution in [0.5, 0.6) is 11.5 Å². The Morgan fingerprint density at radius 3 is 2.65 bits per heavy atom. The van der Waals surface area contributed by atoms with Gasteiger partial charge < -0.3 is 15.2 Å². The Kier molecular flexibility index (Phi) is 5.02. The van der Waals surface area contributed by atoms with Crippen molar-refractivity contribution in [2.24, 2.45) is 0 Å². The average Bonchev–Trinajstić information content (AvgIpc) is 2.45. The van der Waals surface area contributed by atoms with E-state index >= 15 is 0 Å². The number of aryl methyl sites for hydroxylation is 1. The maximum atomic E-state index is 9.66. The minimum atomic E-state index is 0.189. The lowest BCUT2D eigenvalue weighted by molar-refractivity contribution is 0.317. The highest BCUT2D eigenvalue weighted by atomic mass is 16.5. The molecule has 0 radical (unpaired) electrons. The van der Waals surface area contributed by atoms with Crippen LogP contribution in [0.25, 0.3) is 0 Å². The number of hydrogen-bond donors (Lipinski definition) is 2. The molecule has 0 aliphatic heterocycles. The summed E-state index contributed by atoms with van der Waals surface area (Å²) in [5.41, 5.74) is 3.69. The third-order valence-electron chi connectivity index (χ3n) is 3.23. The molecule has 2 rings (SSSR count). The molecule has 3 nitrogen and oxygen atoms in total. The topological polar surface area (TPSA) is 41.5 Å².